The summed E-state index contributed by atoms with van der Waals surface area (Å²) in [7, 11) is 0. The molecule has 64 valence electrons. The number of pyridine rings is 1. The summed E-state index contributed by atoms with van der Waals surface area (Å²) < 4.78 is 0. The van der Waals surface area contributed by atoms with Gasteiger partial charge in [0.25, 0.3) is 0 Å². The van der Waals surface area contributed by atoms with Crippen molar-refractivity contribution in [1.29, 1.82) is 0 Å². The largest absolute Gasteiger partial charge is 0.478 e. The van der Waals surface area contributed by atoms with Crippen molar-refractivity contribution in [2.45, 2.75) is 4.90 Å². The minimum absolute atomic E-state index is 0.156. The van der Waals surface area contributed by atoms with Gasteiger partial charge in [-0.15, -0.1) is 11.8 Å². The van der Waals surface area contributed by atoms with E-state index in [4.69, 9.17) is 16.7 Å². The van der Waals surface area contributed by atoms with Gasteiger partial charge >= 0.3 is 5.97 Å². The van der Waals surface area contributed by atoms with Gasteiger partial charge in [0.2, 0.25) is 0 Å². The second kappa shape index (κ2) is 3.78. The smallest absolute Gasteiger partial charge is 0.337 e. The van der Waals surface area contributed by atoms with Gasteiger partial charge in [-0.1, -0.05) is 11.6 Å². The highest BCUT2D eigenvalue weighted by Gasteiger charge is 2.06. The summed E-state index contributed by atoms with van der Waals surface area (Å²) in [5, 5.41) is 8.94. The number of thioether (sulfide) groups is 1. The molecular weight excluding hydrogens is 198 g/mol. The number of rotatable bonds is 2. The number of aromatic carboxylic acids is 1. The Bertz CT molecular complexity index is 316. The highest BCUT2D eigenvalue weighted by atomic mass is 35.5. The maximum absolute atomic E-state index is 10.5. The van der Waals surface area contributed by atoms with Gasteiger partial charge in [0.1, 0.15) is 5.15 Å². The standard InChI is InChI=1S/C7H6ClNO2S/c1-12-5-2-4(7(10)11)3-9-6(5)8/h2-3H,1H3,(H,10,11). The first-order chi connectivity index (χ1) is 5.65. The molecule has 1 heterocycles. The quantitative estimate of drug-likeness (QED) is 0.591. The van der Waals surface area contributed by atoms with Crippen LogP contribution in [-0.2, 0) is 0 Å². The monoisotopic (exact) mass is 203 g/mol. The Kier molecular flexibility index (Phi) is 2.94. The highest BCUT2D eigenvalue weighted by Crippen LogP contribution is 2.23. The van der Waals surface area contributed by atoms with Crippen LogP contribution in [0.5, 0.6) is 0 Å². The predicted molar refractivity (Wildman–Crippen MR) is 48.0 cm³/mol. The molecule has 0 amide bonds. The molecule has 1 aromatic rings. The van der Waals surface area contributed by atoms with Gasteiger partial charge in [0, 0.05) is 11.1 Å². The molecule has 1 rings (SSSR count). The van der Waals surface area contributed by atoms with Gasteiger partial charge in [0.05, 0.1) is 5.56 Å². The fraction of sp³-hybridized carbons (Fsp3) is 0.143. The van der Waals surface area contributed by atoms with Crippen molar-refractivity contribution in [1.82, 2.24) is 4.98 Å². The van der Waals surface area contributed by atoms with Gasteiger partial charge < -0.3 is 5.11 Å². The summed E-state index contributed by atoms with van der Waals surface area (Å²) >= 11 is 7.05. The number of hydrogen-bond donors (Lipinski definition) is 1. The SMILES string of the molecule is CSc1cc(C(=O)O)cnc1Cl. The average molecular weight is 204 g/mol. The lowest BCUT2D eigenvalue weighted by atomic mass is 10.3. The van der Waals surface area contributed by atoms with E-state index in [0.717, 1.165) is 0 Å². The molecule has 0 aromatic carbocycles. The number of nitrogens with zero attached hydrogens (tertiary/aromatic N) is 1. The Hall–Kier alpha value is -0.740. The molecule has 0 atom stereocenters. The van der Waals surface area contributed by atoms with Crippen LogP contribution in [-0.4, -0.2) is 22.3 Å². The summed E-state index contributed by atoms with van der Waals surface area (Å²) in [6.45, 7) is 0. The zero-order chi connectivity index (χ0) is 9.14. The van der Waals surface area contributed by atoms with Gasteiger partial charge in [-0.2, -0.15) is 0 Å². The molecule has 0 fully saturated rings. The summed E-state index contributed by atoms with van der Waals surface area (Å²) in [6, 6.07) is 1.50. The molecule has 12 heavy (non-hydrogen) atoms. The van der Waals surface area contributed by atoms with Crippen molar-refractivity contribution in [3.8, 4) is 0 Å². The Labute approximate surface area is 78.8 Å². The number of carboxylic acid groups (broad SMARTS) is 1. The van der Waals surface area contributed by atoms with E-state index in [2.05, 4.69) is 4.98 Å². The van der Waals surface area contributed by atoms with Crippen LogP contribution in [0.1, 0.15) is 10.4 Å². The number of carboxylic acids is 1. The van der Waals surface area contributed by atoms with E-state index in [1.54, 1.807) is 0 Å². The summed E-state index contributed by atoms with van der Waals surface area (Å²) in [5.41, 5.74) is 0.156. The number of hydrogen-bond acceptors (Lipinski definition) is 3. The number of aromatic nitrogens is 1. The molecular formula is C7H6ClNO2S. The maximum atomic E-state index is 10.5. The summed E-state index contributed by atoms with van der Waals surface area (Å²) in [5.74, 6) is -0.991. The maximum Gasteiger partial charge on any atom is 0.337 e. The molecule has 1 N–H and O–H groups in total. The van der Waals surface area contributed by atoms with Gasteiger partial charge in [-0.3, -0.25) is 0 Å². The zero-order valence-electron chi connectivity index (χ0n) is 6.24. The van der Waals surface area contributed by atoms with Crippen LogP contribution >= 0.6 is 23.4 Å². The van der Waals surface area contributed by atoms with Crippen molar-refractivity contribution < 1.29 is 9.90 Å². The van der Waals surface area contributed by atoms with Crippen LogP contribution in [0.3, 0.4) is 0 Å². The summed E-state index contributed by atoms with van der Waals surface area (Å²) in [4.78, 5) is 14.9. The third-order valence-corrected chi connectivity index (χ3v) is 2.44. The topological polar surface area (TPSA) is 50.2 Å². The molecule has 5 heteroatoms. The van der Waals surface area contributed by atoms with Gasteiger partial charge in [-0.05, 0) is 12.3 Å². The van der Waals surface area contributed by atoms with Gasteiger partial charge in [0.15, 0.2) is 0 Å². The first-order valence-corrected chi connectivity index (χ1v) is 4.68. The molecule has 0 aliphatic rings. The second-order valence-electron chi connectivity index (χ2n) is 2.02. The van der Waals surface area contributed by atoms with Crippen LogP contribution in [0, 0.1) is 0 Å². The lowest BCUT2D eigenvalue weighted by molar-refractivity contribution is 0.0696. The van der Waals surface area contributed by atoms with Crippen molar-refractivity contribution in [2.75, 3.05) is 6.26 Å². The third-order valence-electron chi connectivity index (χ3n) is 1.27. The molecule has 0 unspecified atom stereocenters. The van der Waals surface area contributed by atoms with Crippen LogP contribution in [0.4, 0.5) is 0 Å². The Morgan fingerprint density at radius 2 is 2.42 bits per heavy atom. The Morgan fingerprint density at radius 3 is 2.92 bits per heavy atom. The van der Waals surface area contributed by atoms with Crippen LogP contribution in [0.2, 0.25) is 5.15 Å². The first kappa shape index (κ1) is 9.35. The molecule has 0 aliphatic heterocycles. The fourth-order valence-corrected chi connectivity index (χ4v) is 1.49. The lowest BCUT2D eigenvalue weighted by Crippen LogP contribution is -1.97. The molecule has 0 bridgehead atoms. The van der Waals surface area contributed by atoms with E-state index in [0.29, 0.717) is 10.0 Å². The van der Waals surface area contributed by atoms with Crippen LogP contribution in [0.25, 0.3) is 0 Å². The third kappa shape index (κ3) is 1.89. The van der Waals surface area contributed by atoms with E-state index < -0.39 is 5.97 Å². The van der Waals surface area contributed by atoms with Crippen molar-refractivity contribution in [3.05, 3.63) is 23.0 Å². The predicted octanol–water partition coefficient (Wildman–Crippen LogP) is 2.16. The van der Waals surface area contributed by atoms with Crippen LogP contribution in [0.15, 0.2) is 17.2 Å². The van der Waals surface area contributed by atoms with E-state index in [1.165, 1.54) is 24.0 Å². The van der Waals surface area contributed by atoms with Crippen molar-refractivity contribution >= 4 is 29.3 Å². The highest BCUT2D eigenvalue weighted by molar-refractivity contribution is 7.98. The van der Waals surface area contributed by atoms with E-state index >= 15 is 0 Å². The minimum Gasteiger partial charge on any atom is -0.478 e. The average Bonchev–Trinajstić information content (AvgIpc) is 2.05. The van der Waals surface area contributed by atoms with Crippen LogP contribution < -0.4 is 0 Å². The molecule has 3 nitrogen and oxygen atoms in total. The molecule has 0 saturated heterocycles. The number of carbonyl (C=O) groups is 1. The fourth-order valence-electron chi connectivity index (χ4n) is 0.688. The first-order valence-electron chi connectivity index (χ1n) is 3.08. The van der Waals surface area contributed by atoms with Crippen molar-refractivity contribution in [3.63, 3.8) is 0 Å². The second-order valence-corrected chi connectivity index (χ2v) is 3.23. The molecule has 0 radical (unpaired) electrons. The van der Waals surface area contributed by atoms with Crippen molar-refractivity contribution in [2.24, 2.45) is 0 Å². The van der Waals surface area contributed by atoms with E-state index in [9.17, 15) is 4.79 Å². The Balaban J connectivity index is 3.13. The number of halogens is 1. The zero-order valence-corrected chi connectivity index (χ0v) is 7.82. The minimum atomic E-state index is -0.991. The van der Waals surface area contributed by atoms with E-state index in [1.807, 2.05) is 6.26 Å². The summed E-state index contributed by atoms with van der Waals surface area (Å²) in [6.07, 6.45) is 3.05. The lowest BCUT2D eigenvalue weighted by Gasteiger charge is -1.99. The molecule has 0 spiro atoms. The molecule has 0 saturated carbocycles. The molecule has 1 aromatic heterocycles. The molecule has 0 aliphatic carbocycles. The van der Waals surface area contributed by atoms with Gasteiger partial charge in [-0.25, -0.2) is 9.78 Å². The normalized spacial score (nSPS) is 9.83. The Morgan fingerprint density at radius 1 is 1.75 bits per heavy atom. The van der Waals surface area contributed by atoms with E-state index in [-0.39, 0.29) is 5.56 Å².